The Hall–Kier alpha value is -2.74. The number of methoxy groups -OCH3 is 1. The maximum Gasteiger partial charge on any atom is 0.348 e. The number of rotatable bonds is 4. The van der Waals surface area contributed by atoms with Crippen LogP contribution in [0, 0.1) is 11.3 Å². The van der Waals surface area contributed by atoms with Gasteiger partial charge in [-0.1, -0.05) is 0 Å². The van der Waals surface area contributed by atoms with Crippen LogP contribution in [0.3, 0.4) is 0 Å². The van der Waals surface area contributed by atoms with Gasteiger partial charge in [0.15, 0.2) is 0 Å². The predicted octanol–water partition coefficient (Wildman–Crippen LogP) is 2.66. The topological polar surface area (TPSA) is 64.2 Å². The summed E-state index contributed by atoms with van der Waals surface area (Å²) in [6.45, 7) is 1.94. The first kappa shape index (κ1) is 14.7. The van der Waals surface area contributed by atoms with Gasteiger partial charge in [-0.2, -0.15) is 5.26 Å². The molecule has 0 spiro atoms. The molecular formula is C16H16N2O3. The number of carbonyl (C=O) groups excluding carboxylic acids is 1. The number of hydrogen-bond donors (Lipinski definition) is 0. The molecule has 0 bridgehead atoms. The van der Waals surface area contributed by atoms with Crippen molar-refractivity contribution in [3.8, 4) is 11.8 Å². The van der Waals surface area contributed by atoms with Crippen LogP contribution in [-0.4, -0.2) is 24.3 Å². The lowest BCUT2D eigenvalue weighted by molar-refractivity contribution is -0.137. The lowest BCUT2D eigenvalue weighted by Gasteiger charge is -2.01. The summed E-state index contributed by atoms with van der Waals surface area (Å²) in [5.41, 5.74) is 1.74. The number of carbonyl (C=O) groups is 1. The number of benzene rings is 1. The first-order valence-corrected chi connectivity index (χ1v) is 6.52. The molecule has 1 aromatic heterocycles. The van der Waals surface area contributed by atoms with Crippen molar-refractivity contribution in [2.24, 2.45) is 7.05 Å². The summed E-state index contributed by atoms with van der Waals surface area (Å²) in [6, 6.07) is 7.56. The van der Waals surface area contributed by atoms with Crippen molar-refractivity contribution >= 4 is 22.9 Å². The minimum Gasteiger partial charge on any atom is -0.497 e. The molecule has 2 rings (SSSR count). The third kappa shape index (κ3) is 2.90. The molecule has 1 heterocycles. The summed E-state index contributed by atoms with van der Waals surface area (Å²) >= 11 is 0. The van der Waals surface area contributed by atoms with E-state index in [1.807, 2.05) is 42.1 Å². The van der Waals surface area contributed by atoms with E-state index in [-0.39, 0.29) is 12.2 Å². The Balaban J connectivity index is 2.55. The van der Waals surface area contributed by atoms with Gasteiger partial charge in [0.25, 0.3) is 0 Å². The summed E-state index contributed by atoms with van der Waals surface area (Å²) in [6.07, 6.45) is 3.40. The lowest BCUT2D eigenvalue weighted by Crippen LogP contribution is -2.05. The summed E-state index contributed by atoms with van der Waals surface area (Å²) in [5, 5.41) is 10.0. The zero-order valence-electron chi connectivity index (χ0n) is 12.2. The molecule has 0 unspecified atom stereocenters. The zero-order valence-corrected chi connectivity index (χ0v) is 12.2. The predicted molar refractivity (Wildman–Crippen MR) is 79.7 cm³/mol. The fourth-order valence-electron chi connectivity index (χ4n) is 2.14. The third-order valence-corrected chi connectivity index (χ3v) is 3.14. The molecule has 0 saturated carbocycles. The van der Waals surface area contributed by atoms with Crippen molar-refractivity contribution in [3.05, 3.63) is 35.5 Å². The summed E-state index contributed by atoms with van der Waals surface area (Å²) in [7, 11) is 3.50. The molecule has 0 amide bonds. The van der Waals surface area contributed by atoms with Crippen molar-refractivity contribution in [2.75, 3.05) is 13.7 Å². The Bertz CT molecular complexity index is 751. The largest absolute Gasteiger partial charge is 0.497 e. The first-order chi connectivity index (χ1) is 10.1. The van der Waals surface area contributed by atoms with Crippen molar-refractivity contribution in [1.29, 1.82) is 5.26 Å². The number of ether oxygens (including phenoxy) is 2. The van der Waals surface area contributed by atoms with E-state index >= 15 is 0 Å². The van der Waals surface area contributed by atoms with Gasteiger partial charge < -0.3 is 14.0 Å². The molecule has 5 heteroatoms. The lowest BCUT2D eigenvalue weighted by atomic mass is 10.1. The number of nitriles is 1. The highest BCUT2D eigenvalue weighted by atomic mass is 16.5. The summed E-state index contributed by atoms with van der Waals surface area (Å²) < 4.78 is 12.0. The van der Waals surface area contributed by atoms with Crippen LogP contribution in [-0.2, 0) is 16.6 Å². The van der Waals surface area contributed by atoms with Gasteiger partial charge in [0.2, 0.25) is 0 Å². The van der Waals surface area contributed by atoms with E-state index < -0.39 is 5.97 Å². The smallest absolute Gasteiger partial charge is 0.348 e. The van der Waals surface area contributed by atoms with Crippen molar-refractivity contribution in [1.82, 2.24) is 4.57 Å². The molecule has 0 aliphatic carbocycles. The molecular weight excluding hydrogens is 268 g/mol. The van der Waals surface area contributed by atoms with Gasteiger partial charge in [0, 0.05) is 29.7 Å². The maximum atomic E-state index is 11.7. The highest BCUT2D eigenvalue weighted by Gasteiger charge is 2.12. The normalized spacial score (nSPS) is 11.2. The molecule has 0 fully saturated rings. The van der Waals surface area contributed by atoms with Gasteiger partial charge >= 0.3 is 5.97 Å². The molecule has 2 aromatic rings. The molecule has 0 aliphatic heterocycles. The minimum absolute atomic E-state index is 0.0211. The van der Waals surface area contributed by atoms with E-state index in [1.54, 1.807) is 20.1 Å². The number of aryl methyl sites for hydroxylation is 1. The second-order valence-corrected chi connectivity index (χ2v) is 4.47. The Morgan fingerprint density at radius 2 is 2.24 bits per heavy atom. The van der Waals surface area contributed by atoms with Crippen molar-refractivity contribution in [3.63, 3.8) is 0 Å². The van der Waals surface area contributed by atoms with Crippen LogP contribution >= 0.6 is 0 Å². The van der Waals surface area contributed by atoms with E-state index in [0.717, 1.165) is 22.2 Å². The van der Waals surface area contributed by atoms with E-state index in [9.17, 15) is 4.79 Å². The minimum atomic E-state index is -0.611. The van der Waals surface area contributed by atoms with Gasteiger partial charge in [-0.05, 0) is 31.2 Å². The average molecular weight is 284 g/mol. The maximum absolute atomic E-state index is 11.7. The average Bonchev–Trinajstić information content (AvgIpc) is 2.80. The van der Waals surface area contributed by atoms with Gasteiger partial charge in [-0.25, -0.2) is 4.79 Å². The fraction of sp³-hybridized carbons (Fsp3) is 0.250. The van der Waals surface area contributed by atoms with Crippen LogP contribution < -0.4 is 4.74 Å². The standard InChI is InChI=1S/C16H16N2O3/c1-4-21-16(19)11(9-17)7-12-10-18(2)15-6-5-13(20-3)8-14(12)15/h5-8,10H,4H2,1-3H3/b11-7+. The molecule has 21 heavy (non-hydrogen) atoms. The summed E-state index contributed by atoms with van der Waals surface area (Å²) in [5.74, 6) is 0.109. The molecule has 0 atom stereocenters. The monoisotopic (exact) mass is 284 g/mol. The van der Waals surface area contributed by atoms with E-state index in [0.29, 0.717) is 0 Å². The zero-order chi connectivity index (χ0) is 15.4. The van der Waals surface area contributed by atoms with E-state index in [4.69, 9.17) is 14.7 Å². The van der Waals surface area contributed by atoms with Gasteiger partial charge in [-0.15, -0.1) is 0 Å². The van der Waals surface area contributed by atoms with E-state index in [2.05, 4.69) is 0 Å². The van der Waals surface area contributed by atoms with Crippen LogP contribution in [0.25, 0.3) is 17.0 Å². The number of hydrogen-bond acceptors (Lipinski definition) is 4. The Morgan fingerprint density at radius 3 is 2.86 bits per heavy atom. The van der Waals surface area contributed by atoms with Crippen molar-refractivity contribution < 1.29 is 14.3 Å². The van der Waals surface area contributed by atoms with Gasteiger partial charge in [0.05, 0.1) is 13.7 Å². The molecule has 0 N–H and O–H groups in total. The number of aromatic nitrogens is 1. The quantitative estimate of drug-likeness (QED) is 0.492. The molecule has 0 radical (unpaired) electrons. The fourth-order valence-corrected chi connectivity index (χ4v) is 2.14. The number of nitrogens with zero attached hydrogens (tertiary/aromatic N) is 2. The molecule has 1 aromatic carbocycles. The SMILES string of the molecule is CCOC(=O)/C(C#N)=C/c1cn(C)c2ccc(OC)cc12. The van der Waals surface area contributed by atoms with Crippen molar-refractivity contribution in [2.45, 2.75) is 6.92 Å². The van der Waals surface area contributed by atoms with Crippen LogP contribution in [0.4, 0.5) is 0 Å². The molecule has 0 saturated heterocycles. The number of fused-ring (bicyclic) bond motifs is 1. The van der Waals surface area contributed by atoms with Crippen LogP contribution in [0.5, 0.6) is 5.75 Å². The highest BCUT2D eigenvalue weighted by Crippen LogP contribution is 2.27. The molecule has 0 aliphatic rings. The van der Waals surface area contributed by atoms with Crippen LogP contribution in [0.1, 0.15) is 12.5 Å². The Morgan fingerprint density at radius 1 is 1.48 bits per heavy atom. The Labute approximate surface area is 123 Å². The van der Waals surface area contributed by atoms with Gasteiger partial charge in [-0.3, -0.25) is 0 Å². The number of esters is 1. The highest BCUT2D eigenvalue weighted by molar-refractivity contribution is 6.01. The molecule has 5 nitrogen and oxygen atoms in total. The van der Waals surface area contributed by atoms with Gasteiger partial charge in [0.1, 0.15) is 17.4 Å². The molecule has 108 valence electrons. The van der Waals surface area contributed by atoms with Crippen LogP contribution in [0.2, 0.25) is 0 Å². The third-order valence-electron chi connectivity index (χ3n) is 3.14. The second-order valence-electron chi connectivity index (χ2n) is 4.47. The summed E-state index contributed by atoms with van der Waals surface area (Å²) in [4.78, 5) is 11.7. The van der Waals surface area contributed by atoms with E-state index in [1.165, 1.54) is 0 Å². The van der Waals surface area contributed by atoms with Crippen LogP contribution in [0.15, 0.2) is 30.0 Å². The Kier molecular flexibility index (Phi) is 4.29. The first-order valence-electron chi connectivity index (χ1n) is 6.52. The second kappa shape index (κ2) is 6.14.